The van der Waals surface area contributed by atoms with Gasteiger partial charge >= 0.3 is 5.97 Å². The van der Waals surface area contributed by atoms with Crippen molar-refractivity contribution in [2.24, 2.45) is 5.92 Å². The number of amides is 1. The zero-order chi connectivity index (χ0) is 13.1. The van der Waals surface area contributed by atoms with Crippen molar-refractivity contribution >= 4 is 23.2 Å². The molecular weight excluding hydrogens is 250 g/mol. The Bertz CT molecular complexity index is 427. The molecule has 0 spiro atoms. The first-order valence-electron chi connectivity index (χ1n) is 6.19. The third-order valence-corrected chi connectivity index (χ3v) is 4.19. The Morgan fingerprint density at radius 2 is 2.39 bits per heavy atom. The second-order valence-corrected chi connectivity index (χ2v) is 5.30. The Hall–Kier alpha value is -1.36. The summed E-state index contributed by atoms with van der Waals surface area (Å²) in [5.74, 6) is -1.23. The number of thiophene rings is 1. The molecule has 0 bridgehead atoms. The van der Waals surface area contributed by atoms with Gasteiger partial charge in [-0.1, -0.05) is 0 Å². The van der Waals surface area contributed by atoms with Crippen molar-refractivity contribution in [3.8, 4) is 0 Å². The van der Waals surface area contributed by atoms with Crippen molar-refractivity contribution in [3.05, 3.63) is 22.4 Å². The zero-order valence-electron chi connectivity index (χ0n) is 10.3. The van der Waals surface area contributed by atoms with Crippen LogP contribution in [0.2, 0.25) is 0 Å². The van der Waals surface area contributed by atoms with Gasteiger partial charge in [-0.3, -0.25) is 9.59 Å². The smallest absolute Gasteiger partial charge is 0.308 e. The lowest BCUT2D eigenvalue weighted by atomic mass is 9.91. The van der Waals surface area contributed by atoms with Gasteiger partial charge in [0.2, 0.25) is 5.91 Å². The number of aliphatic carboxylic acids is 1. The molecule has 0 aromatic carbocycles. The molecule has 0 radical (unpaired) electrons. The van der Waals surface area contributed by atoms with Crippen LogP contribution in [-0.2, 0) is 9.59 Å². The summed E-state index contributed by atoms with van der Waals surface area (Å²) in [6, 6.07) is 1.61. The average molecular weight is 267 g/mol. The first-order chi connectivity index (χ1) is 8.65. The molecule has 1 fully saturated rings. The number of hydrogen-bond donors (Lipinski definition) is 1. The first kappa shape index (κ1) is 13.1. The van der Waals surface area contributed by atoms with E-state index in [1.54, 1.807) is 4.90 Å². The van der Waals surface area contributed by atoms with Crippen LogP contribution in [0.15, 0.2) is 16.8 Å². The molecule has 1 aromatic heterocycles. The third kappa shape index (κ3) is 2.41. The predicted molar refractivity (Wildman–Crippen MR) is 69.4 cm³/mol. The summed E-state index contributed by atoms with van der Waals surface area (Å²) in [4.78, 5) is 25.2. The van der Waals surface area contributed by atoms with Crippen LogP contribution >= 0.6 is 11.3 Å². The summed E-state index contributed by atoms with van der Waals surface area (Å²) in [5, 5.41) is 13.3. The summed E-state index contributed by atoms with van der Waals surface area (Å²) in [5.41, 5.74) is 0.949. The van der Waals surface area contributed by atoms with Gasteiger partial charge in [0.25, 0.3) is 0 Å². The maximum absolute atomic E-state index is 12.1. The standard InChI is InChI=1S/C13H17NO3S/c1-2-14-11(15)5-3-4-10(13(16)17)12(14)9-6-7-18-8-9/h6-8,10,12H,2-5H2,1H3,(H,16,17). The fraction of sp³-hybridized carbons (Fsp3) is 0.538. The predicted octanol–water partition coefficient (Wildman–Crippen LogP) is 2.52. The fourth-order valence-corrected chi connectivity index (χ4v) is 3.32. The highest BCUT2D eigenvalue weighted by Gasteiger charge is 2.37. The molecule has 2 unspecified atom stereocenters. The second kappa shape index (κ2) is 5.52. The van der Waals surface area contributed by atoms with Gasteiger partial charge in [-0.15, -0.1) is 0 Å². The van der Waals surface area contributed by atoms with Crippen molar-refractivity contribution in [1.82, 2.24) is 4.90 Å². The Labute approximate surface area is 110 Å². The van der Waals surface area contributed by atoms with E-state index in [0.29, 0.717) is 25.8 Å². The molecule has 4 nitrogen and oxygen atoms in total. The van der Waals surface area contributed by atoms with Crippen LogP contribution in [0.5, 0.6) is 0 Å². The van der Waals surface area contributed by atoms with E-state index in [1.165, 1.54) is 11.3 Å². The van der Waals surface area contributed by atoms with Crippen molar-refractivity contribution in [1.29, 1.82) is 0 Å². The number of nitrogens with zero attached hydrogens (tertiary/aromatic N) is 1. The summed E-state index contributed by atoms with van der Waals surface area (Å²) < 4.78 is 0. The molecule has 1 N–H and O–H groups in total. The highest BCUT2D eigenvalue weighted by molar-refractivity contribution is 7.08. The van der Waals surface area contributed by atoms with Gasteiger partial charge in [-0.05, 0) is 42.2 Å². The lowest BCUT2D eigenvalue weighted by Crippen LogP contribution is -2.38. The van der Waals surface area contributed by atoms with Crippen LogP contribution in [0.3, 0.4) is 0 Å². The minimum atomic E-state index is -0.806. The number of carboxylic acids is 1. The SMILES string of the molecule is CCN1C(=O)CCCC(C(=O)O)C1c1ccsc1. The number of hydrogen-bond acceptors (Lipinski definition) is 3. The van der Waals surface area contributed by atoms with E-state index in [-0.39, 0.29) is 11.9 Å². The number of carbonyl (C=O) groups excluding carboxylic acids is 1. The van der Waals surface area contributed by atoms with Crippen LogP contribution in [0, 0.1) is 5.92 Å². The maximum atomic E-state index is 12.1. The molecule has 2 atom stereocenters. The molecule has 2 rings (SSSR count). The van der Waals surface area contributed by atoms with Crippen LogP contribution in [0.25, 0.3) is 0 Å². The molecule has 1 amide bonds. The Morgan fingerprint density at radius 1 is 1.61 bits per heavy atom. The van der Waals surface area contributed by atoms with Gasteiger partial charge in [0.15, 0.2) is 0 Å². The maximum Gasteiger partial charge on any atom is 0.308 e. The second-order valence-electron chi connectivity index (χ2n) is 4.52. The van der Waals surface area contributed by atoms with Crippen molar-refractivity contribution in [2.45, 2.75) is 32.2 Å². The van der Waals surface area contributed by atoms with Crippen molar-refractivity contribution in [2.75, 3.05) is 6.54 Å². The fourth-order valence-electron chi connectivity index (χ4n) is 2.63. The van der Waals surface area contributed by atoms with Gasteiger partial charge in [0.1, 0.15) is 0 Å². The molecule has 18 heavy (non-hydrogen) atoms. The number of likely N-dealkylation sites (tertiary alicyclic amines) is 1. The van der Waals surface area contributed by atoms with E-state index in [9.17, 15) is 14.7 Å². The monoisotopic (exact) mass is 267 g/mol. The van der Waals surface area contributed by atoms with E-state index in [2.05, 4.69) is 0 Å². The molecule has 2 heterocycles. The molecule has 98 valence electrons. The highest BCUT2D eigenvalue weighted by Crippen LogP contribution is 2.36. The molecule has 1 aliphatic rings. The van der Waals surface area contributed by atoms with Gasteiger partial charge < -0.3 is 10.0 Å². The minimum Gasteiger partial charge on any atom is -0.481 e. The lowest BCUT2D eigenvalue weighted by molar-refractivity contribution is -0.146. The Morgan fingerprint density at radius 3 is 2.94 bits per heavy atom. The molecule has 0 aliphatic carbocycles. The van der Waals surface area contributed by atoms with Crippen LogP contribution in [-0.4, -0.2) is 28.4 Å². The molecular formula is C13H17NO3S. The summed E-state index contributed by atoms with van der Waals surface area (Å²) >= 11 is 1.54. The quantitative estimate of drug-likeness (QED) is 0.915. The molecule has 5 heteroatoms. The average Bonchev–Trinajstić information content (AvgIpc) is 2.79. The minimum absolute atomic E-state index is 0.0671. The number of rotatable bonds is 3. The third-order valence-electron chi connectivity index (χ3n) is 3.49. The van der Waals surface area contributed by atoms with Gasteiger partial charge in [0.05, 0.1) is 12.0 Å². The van der Waals surface area contributed by atoms with Crippen LogP contribution in [0.1, 0.15) is 37.8 Å². The Balaban J connectivity index is 2.40. The van der Waals surface area contributed by atoms with Gasteiger partial charge in [-0.25, -0.2) is 0 Å². The largest absolute Gasteiger partial charge is 0.481 e. The van der Waals surface area contributed by atoms with E-state index in [1.807, 2.05) is 23.8 Å². The van der Waals surface area contributed by atoms with E-state index in [4.69, 9.17) is 0 Å². The molecule has 0 saturated carbocycles. The summed E-state index contributed by atoms with van der Waals surface area (Å²) in [7, 11) is 0. The topological polar surface area (TPSA) is 57.6 Å². The van der Waals surface area contributed by atoms with Gasteiger partial charge in [-0.2, -0.15) is 11.3 Å². The highest BCUT2D eigenvalue weighted by atomic mass is 32.1. The normalized spacial score (nSPS) is 24.9. The number of carbonyl (C=O) groups is 2. The zero-order valence-corrected chi connectivity index (χ0v) is 11.2. The molecule has 1 saturated heterocycles. The van der Waals surface area contributed by atoms with Crippen molar-refractivity contribution in [3.63, 3.8) is 0 Å². The van der Waals surface area contributed by atoms with Crippen LogP contribution in [0.4, 0.5) is 0 Å². The first-order valence-corrected chi connectivity index (χ1v) is 7.13. The van der Waals surface area contributed by atoms with E-state index < -0.39 is 11.9 Å². The van der Waals surface area contributed by atoms with E-state index in [0.717, 1.165) is 5.56 Å². The molecule has 1 aromatic rings. The molecule has 1 aliphatic heterocycles. The van der Waals surface area contributed by atoms with Crippen molar-refractivity contribution < 1.29 is 14.7 Å². The summed E-state index contributed by atoms with van der Waals surface area (Å²) in [6.07, 6.45) is 1.68. The van der Waals surface area contributed by atoms with Crippen LogP contribution < -0.4 is 0 Å². The number of carboxylic acid groups (broad SMARTS) is 1. The van der Waals surface area contributed by atoms with Gasteiger partial charge in [0, 0.05) is 13.0 Å². The summed E-state index contributed by atoms with van der Waals surface area (Å²) in [6.45, 7) is 2.46. The lowest BCUT2D eigenvalue weighted by Gasteiger charge is -2.32. The Kier molecular flexibility index (Phi) is 4.01. The van der Waals surface area contributed by atoms with E-state index >= 15 is 0 Å².